The number of rotatable bonds is 3. The molecule has 0 spiro atoms. The molecule has 0 atom stereocenters. The van der Waals surface area contributed by atoms with Gasteiger partial charge in [0.2, 0.25) is 0 Å². The molecule has 1 radical (unpaired) electrons. The summed E-state index contributed by atoms with van der Waals surface area (Å²) in [5.74, 6) is 0. The normalized spacial score (nSPS) is 11.0. The van der Waals surface area contributed by atoms with Crippen LogP contribution in [-0.2, 0) is 20.1 Å². The Morgan fingerprint density at radius 3 is 2.19 bits per heavy atom. The Labute approximate surface area is 233 Å². The van der Waals surface area contributed by atoms with E-state index < -0.39 is 8.07 Å². The minimum absolute atomic E-state index is 0. The van der Waals surface area contributed by atoms with E-state index in [-0.39, 0.29) is 20.1 Å². The van der Waals surface area contributed by atoms with E-state index >= 15 is 0 Å². The summed E-state index contributed by atoms with van der Waals surface area (Å²) in [7, 11) is -1.49. The van der Waals surface area contributed by atoms with Gasteiger partial charge in [0, 0.05) is 37.9 Å². The van der Waals surface area contributed by atoms with Crippen molar-refractivity contribution in [2.24, 2.45) is 0 Å². The van der Waals surface area contributed by atoms with Crippen LogP contribution in [-0.4, -0.2) is 18.0 Å². The molecule has 0 saturated carbocycles. The molecule has 0 fully saturated rings. The van der Waals surface area contributed by atoms with Crippen LogP contribution in [0.15, 0.2) is 102 Å². The molecule has 0 N–H and O–H groups in total. The van der Waals surface area contributed by atoms with Crippen LogP contribution in [0.3, 0.4) is 0 Å². The Balaban J connectivity index is 0.000000208. The van der Waals surface area contributed by atoms with Gasteiger partial charge in [0.05, 0.1) is 13.7 Å². The van der Waals surface area contributed by atoms with E-state index in [9.17, 15) is 0 Å². The van der Waals surface area contributed by atoms with Crippen LogP contribution in [0.5, 0.6) is 0 Å². The van der Waals surface area contributed by atoms with Gasteiger partial charge in [-0.3, -0.25) is 0 Å². The number of aryl methyl sites for hydroxylation is 1. The third kappa shape index (κ3) is 5.80. The number of fused-ring (bicyclic) bond motifs is 3. The average Bonchev–Trinajstić information content (AvgIpc) is 3.28. The van der Waals surface area contributed by atoms with Crippen LogP contribution in [0, 0.1) is 19.1 Å². The molecule has 187 valence electrons. The van der Waals surface area contributed by atoms with Gasteiger partial charge >= 0.3 is 0 Å². The van der Waals surface area contributed by atoms with E-state index in [0.717, 1.165) is 39.1 Å². The smallest absolute Gasteiger partial charge is 0.120 e. The number of benzene rings is 3. The first kappa shape index (κ1) is 26.7. The summed E-state index contributed by atoms with van der Waals surface area (Å²) in [5.41, 5.74) is 6.96. The summed E-state index contributed by atoms with van der Waals surface area (Å²) in [5, 5.41) is 3.69. The van der Waals surface area contributed by atoms with Gasteiger partial charge in [-0.05, 0) is 35.6 Å². The maximum atomic E-state index is 6.40. The zero-order valence-electron chi connectivity index (χ0n) is 21.4. The van der Waals surface area contributed by atoms with Gasteiger partial charge in [-0.15, -0.1) is 54.1 Å². The molecular weight excluding hydrogens is 649 g/mol. The van der Waals surface area contributed by atoms with E-state index in [1.54, 1.807) is 6.20 Å². The second-order valence-corrected chi connectivity index (χ2v) is 14.9. The molecule has 0 saturated heterocycles. The summed E-state index contributed by atoms with van der Waals surface area (Å²) in [4.78, 5) is 8.74. The molecule has 0 unspecified atom stereocenters. The molecule has 0 aliphatic carbocycles. The minimum Gasteiger partial charge on any atom is -0.501 e. The molecule has 0 bridgehead atoms. The zero-order chi connectivity index (χ0) is 25.1. The molecule has 6 aromatic rings. The van der Waals surface area contributed by atoms with Crippen LogP contribution in [0.2, 0.25) is 19.6 Å². The first-order valence-electron chi connectivity index (χ1n) is 12.1. The predicted octanol–water partition coefficient (Wildman–Crippen LogP) is 7.85. The van der Waals surface area contributed by atoms with Crippen LogP contribution < -0.4 is 5.19 Å². The molecule has 0 aliphatic rings. The summed E-state index contributed by atoms with van der Waals surface area (Å²) >= 11 is 0. The van der Waals surface area contributed by atoms with Gasteiger partial charge in [-0.25, -0.2) is 0 Å². The van der Waals surface area contributed by atoms with E-state index in [1.165, 1.54) is 16.1 Å². The average molecular weight is 677 g/mol. The van der Waals surface area contributed by atoms with Crippen molar-refractivity contribution in [1.82, 2.24) is 9.97 Å². The van der Waals surface area contributed by atoms with Crippen LogP contribution >= 0.6 is 0 Å². The molecule has 5 heteroatoms. The van der Waals surface area contributed by atoms with Crippen molar-refractivity contribution < 1.29 is 24.5 Å². The Kier molecular flexibility index (Phi) is 8.18. The third-order valence-corrected chi connectivity index (χ3v) is 8.10. The number of para-hydroxylation sites is 1. The fourth-order valence-electron chi connectivity index (χ4n) is 4.29. The standard InChI is InChI=1S/C21H20NOSi.C11H8N.Ir/c1-14-11-12-22-18(13-14)17-9-5-7-15-16-8-6-10-19(24(2,3)4)21(16)23-20(15)17;1-2-6-10(7-3-1)11-8-4-5-9-12-11;/h5-8,10-13H,1-4H3;1-6,8-9H;/q2*-1;. The van der Waals surface area contributed by atoms with Crippen molar-refractivity contribution in [2.45, 2.75) is 26.6 Å². The first-order chi connectivity index (χ1) is 17.4. The first-order valence-corrected chi connectivity index (χ1v) is 15.6. The van der Waals surface area contributed by atoms with E-state index in [1.807, 2.05) is 60.8 Å². The van der Waals surface area contributed by atoms with Gasteiger partial charge in [0.15, 0.2) is 0 Å². The van der Waals surface area contributed by atoms with Crippen LogP contribution in [0.1, 0.15) is 5.56 Å². The molecule has 37 heavy (non-hydrogen) atoms. The van der Waals surface area contributed by atoms with Crippen molar-refractivity contribution >= 4 is 35.2 Å². The molecule has 0 aliphatic heterocycles. The number of aromatic nitrogens is 2. The molecule has 3 aromatic heterocycles. The van der Waals surface area contributed by atoms with Crippen molar-refractivity contribution in [3.8, 4) is 22.5 Å². The van der Waals surface area contributed by atoms with Crippen LogP contribution in [0.25, 0.3) is 44.5 Å². The number of hydrogen-bond acceptors (Lipinski definition) is 3. The van der Waals surface area contributed by atoms with Crippen molar-refractivity contribution in [3.63, 3.8) is 0 Å². The van der Waals surface area contributed by atoms with E-state index in [2.05, 4.69) is 79.0 Å². The summed E-state index contributed by atoms with van der Waals surface area (Å²) < 4.78 is 6.40. The molecule has 0 amide bonds. The molecule has 3 aromatic carbocycles. The van der Waals surface area contributed by atoms with Crippen molar-refractivity contribution in [1.29, 1.82) is 0 Å². The van der Waals surface area contributed by atoms with Crippen molar-refractivity contribution in [3.05, 3.63) is 115 Å². The molecule has 3 nitrogen and oxygen atoms in total. The number of pyridine rings is 2. The van der Waals surface area contributed by atoms with Gasteiger partial charge in [0.25, 0.3) is 0 Å². The fourth-order valence-corrected chi connectivity index (χ4v) is 5.76. The Bertz CT molecular complexity index is 1590. The summed E-state index contributed by atoms with van der Waals surface area (Å²) in [6.07, 6.45) is 3.63. The summed E-state index contributed by atoms with van der Waals surface area (Å²) in [6.45, 7) is 9.13. The van der Waals surface area contributed by atoms with Gasteiger partial charge in [0.1, 0.15) is 5.58 Å². The van der Waals surface area contributed by atoms with Gasteiger partial charge in [-0.2, -0.15) is 0 Å². The Morgan fingerprint density at radius 2 is 1.49 bits per heavy atom. The maximum Gasteiger partial charge on any atom is 0.120 e. The zero-order valence-corrected chi connectivity index (χ0v) is 24.8. The van der Waals surface area contributed by atoms with Crippen LogP contribution in [0.4, 0.5) is 0 Å². The second-order valence-electron chi connectivity index (χ2n) is 9.84. The topological polar surface area (TPSA) is 38.9 Å². The van der Waals surface area contributed by atoms with Gasteiger partial charge in [-0.1, -0.05) is 72.6 Å². The second kappa shape index (κ2) is 11.3. The number of hydrogen-bond donors (Lipinski definition) is 0. The number of nitrogens with zero attached hydrogens (tertiary/aromatic N) is 2. The Morgan fingerprint density at radius 1 is 0.703 bits per heavy atom. The monoisotopic (exact) mass is 677 g/mol. The van der Waals surface area contributed by atoms with E-state index in [4.69, 9.17) is 4.42 Å². The predicted molar refractivity (Wildman–Crippen MR) is 152 cm³/mol. The fraction of sp³-hybridized carbons (Fsp3) is 0.125. The molecule has 3 heterocycles. The summed E-state index contributed by atoms with van der Waals surface area (Å²) in [6, 6.07) is 34.8. The Hall–Kier alpha value is -3.37. The molecular formula is C32H28IrN2OSi-2. The SMILES string of the molecule is Cc1ccnc(-c2[c-]ccc3c2oc2c([Si](C)(C)C)cccc23)c1.[Ir].[c-]1ccccc1-c1ccccn1. The van der Waals surface area contributed by atoms with E-state index in [0.29, 0.717) is 0 Å². The molecule has 6 rings (SSSR count). The largest absolute Gasteiger partial charge is 0.501 e. The maximum absolute atomic E-state index is 6.40. The quantitative estimate of drug-likeness (QED) is 0.142. The van der Waals surface area contributed by atoms with Gasteiger partial charge < -0.3 is 14.4 Å². The third-order valence-electron chi connectivity index (χ3n) is 6.09. The number of furan rings is 1. The minimum atomic E-state index is -1.49. The van der Waals surface area contributed by atoms with Crippen molar-refractivity contribution in [2.75, 3.05) is 0 Å².